The molecule has 88 valence electrons. The molecule has 0 saturated heterocycles. The zero-order chi connectivity index (χ0) is 12.4. The van der Waals surface area contributed by atoms with Gasteiger partial charge in [0.1, 0.15) is 5.15 Å². The number of aldehydes is 1. The number of halogens is 1. The predicted molar refractivity (Wildman–Crippen MR) is 67.5 cm³/mol. The van der Waals surface area contributed by atoms with Gasteiger partial charge in [0.15, 0.2) is 12.2 Å². The monoisotopic (exact) mass is 249 g/mol. The average molecular weight is 250 g/mol. The van der Waals surface area contributed by atoms with Crippen molar-refractivity contribution in [3.05, 3.63) is 46.6 Å². The molecule has 0 unspecified atom stereocenters. The molecule has 1 aromatic carbocycles. The van der Waals surface area contributed by atoms with Crippen LogP contribution in [0.15, 0.2) is 30.3 Å². The standard InChI is InChI=1S/C13H12ClNO2/c1-9-3-5-11(6-4-9)15-12(17-2)7-10(8-16)13(15)14/h3-8H,1-2H3. The molecule has 3 nitrogen and oxygen atoms in total. The first-order valence-corrected chi connectivity index (χ1v) is 5.52. The lowest BCUT2D eigenvalue weighted by atomic mass is 10.2. The fraction of sp³-hybridized carbons (Fsp3) is 0.154. The van der Waals surface area contributed by atoms with E-state index >= 15 is 0 Å². The van der Waals surface area contributed by atoms with Crippen LogP contribution in [0, 0.1) is 6.92 Å². The molecule has 0 atom stereocenters. The molecule has 0 aliphatic rings. The molecule has 1 heterocycles. The van der Waals surface area contributed by atoms with Crippen LogP contribution in [0.1, 0.15) is 15.9 Å². The first-order valence-electron chi connectivity index (χ1n) is 5.15. The normalized spacial score (nSPS) is 10.3. The smallest absolute Gasteiger partial charge is 0.199 e. The first kappa shape index (κ1) is 11.7. The molecule has 0 aliphatic carbocycles. The molecule has 2 rings (SSSR count). The van der Waals surface area contributed by atoms with Gasteiger partial charge < -0.3 is 4.74 Å². The number of carbonyl (C=O) groups excluding carboxylic acids is 1. The van der Waals surface area contributed by atoms with Gasteiger partial charge in [0.2, 0.25) is 0 Å². The van der Waals surface area contributed by atoms with E-state index in [1.807, 2.05) is 31.2 Å². The van der Waals surface area contributed by atoms with E-state index in [0.717, 1.165) is 17.5 Å². The van der Waals surface area contributed by atoms with Crippen molar-refractivity contribution in [2.24, 2.45) is 0 Å². The molecule has 17 heavy (non-hydrogen) atoms. The molecule has 4 heteroatoms. The highest BCUT2D eigenvalue weighted by atomic mass is 35.5. The summed E-state index contributed by atoms with van der Waals surface area (Å²) in [4.78, 5) is 10.8. The van der Waals surface area contributed by atoms with E-state index in [9.17, 15) is 4.79 Å². The van der Waals surface area contributed by atoms with E-state index < -0.39 is 0 Å². The summed E-state index contributed by atoms with van der Waals surface area (Å²) in [6.45, 7) is 2.01. The van der Waals surface area contributed by atoms with Gasteiger partial charge in [0.25, 0.3) is 0 Å². The Kier molecular flexibility index (Phi) is 3.20. The summed E-state index contributed by atoms with van der Waals surface area (Å²) in [6, 6.07) is 9.43. The average Bonchev–Trinajstić information content (AvgIpc) is 2.67. The second kappa shape index (κ2) is 4.63. The number of carbonyl (C=O) groups is 1. The highest BCUT2D eigenvalue weighted by Crippen LogP contribution is 2.29. The van der Waals surface area contributed by atoms with E-state index in [4.69, 9.17) is 16.3 Å². The number of hydrogen-bond acceptors (Lipinski definition) is 2. The number of benzene rings is 1. The van der Waals surface area contributed by atoms with E-state index in [0.29, 0.717) is 16.6 Å². The van der Waals surface area contributed by atoms with Crippen LogP contribution in [0.3, 0.4) is 0 Å². The van der Waals surface area contributed by atoms with Crippen molar-refractivity contribution < 1.29 is 9.53 Å². The molecule has 0 amide bonds. The minimum atomic E-state index is 0.362. The van der Waals surface area contributed by atoms with Gasteiger partial charge in [0.05, 0.1) is 12.7 Å². The fourth-order valence-electron chi connectivity index (χ4n) is 1.65. The van der Waals surface area contributed by atoms with Gasteiger partial charge in [-0.1, -0.05) is 29.3 Å². The summed E-state index contributed by atoms with van der Waals surface area (Å²) < 4.78 is 6.91. The highest BCUT2D eigenvalue weighted by Gasteiger charge is 2.14. The van der Waals surface area contributed by atoms with E-state index in [1.165, 1.54) is 0 Å². The topological polar surface area (TPSA) is 31.2 Å². The van der Waals surface area contributed by atoms with E-state index in [1.54, 1.807) is 17.7 Å². The number of aromatic nitrogens is 1. The third-order valence-corrected chi connectivity index (χ3v) is 2.95. The maximum Gasteiger partial charge on any atom is 0.199 e. The SMILES string of the molecule is COc1cc(C=O)c(Cl)n1-c1ccc(C)cc1. The molecule has 0 fully saturated rings. The lowest BCUT2D eigenvalue weighted by Crippen LogP contribution is -1.97. The molecule has 0 spiro atoms. The molecule has 0 bridgehead atoms. The number of nitrogens with zero attached hydrogens (tertiary/aromatic N) is 1. The van der Waals surface area contributed by atoms with Crippen LogP contribution in [0.5, 0.6) is 5.88 Å². The van der Waals surface area contributed by atoms with Gasteiger partial charge in [0, 0.05) is 11.8 Å². The molecule has 2 aromatic rings. The maximum absolute atomic E-state index is 10.8. The van der Waals surface area contributed by atoms with Crippen LogP contribution >= 0.6 is 11.6 Å². The summed E-state index contributed by atoms with van der Waals surface area (Å²) >= 11 is 6.13. The molecular weight excluding hydrogens is 238 g/mol. The minimum Gasteiger partial charge on any atom is -0.482 e. The summed E-state index contributed by atoms with van der Waals surface area (Å²) in [7, 11) is 1.55. The van der Waals surface area contributed by atoms with Crippen LogP contribution in [0.25, 0.3) is 5.69 Å². The van der Waals surface area contributed by atoms with E-state index in [2.05, 4.69) is 0 Å². The Labute approximate surface area is 105 Å². The number of rotatable bonds is 3. The van der Waals surface area contributed by atoms with Gasteiger partial charge in [-0.25, -0.2) is 0 Å². The van der Waals surface area contributed by atoms with E-state index in [-0.39, 0.29) is 0 Å². The van der Waals surface area contributed by atoms with Gasteiger partial charge in [-0.2, -0.15) is 0 Å². The Balaban J connectivity index is 2.61. The Morgan fingerprint density at radius 1 is 1.29 bits per heavy atom. The first-order chi connectivity index (χ1) is 8.17. The second-order valence-electron chi connectivity index (χ2n) is 3.72. The second-order valence-corrected chi connectivity index (χ2v) is 4.08. The zero-order valence-electron chi connectivity index (χ0n) is 9.61. The molecule has 0 saturated carbocycles. The summed E-state index contributed by atoms with van der Waals surface area (Å²) in [6.07, 6.45) is 0.718. The Morgan fingerprint density at radius 3 is 2.47 bits per heavy atom. The van der Waals surface area contributed by atoms with Crippen LogP contribution in [0.4, 0.5) is 0 Å². The molecule has 1 aromatic heterocycles. The Hall–Kier alpha value is -1.74. The number of methoxy groups -OCH3 is 1. The molecule has 0 aliphatic heterocycles. The van der Waals surface area contributed by atoms with Crippen LogP contribution in [0.2, 0.25) is 5.15 Å². The van der Waals surface area contributed by atoms with Crippen molar-refractivity contribution in [2.45, 2.75) is 6.92 Å². The predicted octanol–water partition coefficient (Wildman–Crippen LogP) is 3.26. The van der Waals surface area contributed by atoms with Crippen molar-refractivity contribution in [1.29, 1.82) is 0 Å². The highest BCUT2D eigenvalue weighted by molar-refractivity contribution is 6.32. The Bertz CT molecular complexity index is 543. The maximum atomic E-state index is 10.8. The minimum absolute atomic E-state index is 0.362. The number of aryl methyl sites for hydroxylation is 1. The summed E-state index contributed by atoms with van der Waals surface area (Å²) in [5.41, 5.74) is 2.45. The van der Waals surface area contributed by atoms with Gasteiger partial charge in [-0.3, -0.25) is 9.36 Å². The van der Waals surface area contributed by atoms with Gasteiger partial charge in [-0.05, 0) is 19.1 Å². The van der Waals surface area contributed by atoms with Crippen molar-refractivity contribution >= 4 is 17.9 Å². The molecule has 0 N–H and O–H groups in total. The zero-order valence-corrected chi connectivity index (χ0v) is 10.4. The fourth-order valence-corrected chi connectivity index (χ4v) is 1.93. The van der Waals surface area contributed by atoms with Gasteiger partial charge >= 0.3 is 0 Å². The van der Waals surface area contributed by atoms with Gasteiger partial charge in [-0.15, -0.1) is 0 Å². The third kappa shape index (κ3) is 2.06. The summed E-state index contributed by atoms with van der Waals surface area (Å²) in [5, 5.41) is 0.362. The van der Waals surface area contributed by atoms with Crippen LogP contribution < -0.4 is 4.74 Å². The third-order valence-electron chi connectivity index (χ3n) is 2.56. The lowest BCUT2D eigenvalue weighted by molar-refractivity contribution is 0.112. The van der Waals surface area contributed by atoms with Crippen molar-refractivity contribution in [2.75, 3.05) is 7.11 Å². The van der Waals surface area contributed by atoms with Crippen molar-refractivity contribution in [1.82, 2.24) is 4.57 Å². The van der Waals surface area contributed by atoms with Crippen molar-refractivity contribution in [3.63, 3.8) is 0 Å². The number of hydrogen-bond donors (Lipinski definition) is 0. The molecular formula is C13H12ClNO2. The van der Waals surface area contributed by atoms with Crippen molar-refractivity contribution in [3.8, 4) is 11.6 Å². The quantitative estimate of drug-likeness (QED) is 0.782. The molecule has 0 radical (unpaired) electrons. The number of ether oxygens (including phenoxy) is 1. The van der Waals surface area contributed by atoms with Crippen LogP contribution in [-0.2, 0) is 0 Å². The van der Waals surface area contributed by atoms with Crippen LogP contribution in [-0.4, -0.2) is 18.0 Å². The summed E-state index contributed by atoms with van der Waals surface area (Å²) in [5.74, 6) is 0.543. The Morgan fingerprint density at radius 2 is 1.94 bits per heavy atom. The largest absolute Gasteiger partial charge is 0.482 e. The lowest BCUT2D eigenvalue weighted by Gasteiger charge is -2.09.